The molecule has 2 heteroatoms. The first-order valence-electron chi connectivity index (χ1n) is 18.9. The van der Waals surface area contributed by atoms with Crippen LogP contribution in [0, 0.1) is 0 Å². The van der Waals surface area contributed by atoms with Crippen LogP contribution < -0.4 is 0 Å². The molecule has 0 aliphatic rings. The maximum atomic E-state index is 9.43. The van der Waals surface area contributed by atoms with Crippen molar-refractivity contribution in [3.63, 3.8) is 0 Å². The van der Waals surface area contributed by atoms with Crippen LogP contribution in [0.2, 0.25) is 0 Å². The lowest BCUT2D eigenvalue weighted by atomic mass is 9.98. The number of rotatable bonds is 3. The molecule has 0 fully saturated rings. The molecular weight excluding hydrogens is 460 g/mol. The van der Waals surface area contributed by atoms with E-state index in [0.717, 1.165) is 11.1 Å². The van der Waals surface area contributed by atoms with Crippen molar-refractivity contribution in [2.75, 3.05) is 0 Å². The minimum atomic E-state index is -0.620. The van der Waals surface area contributed by atoms with Crippen LogP contribution in [0.5, 0.6) is 0 Å². The van der Waals surface area contributed by atoms with Gasteiger partial charge in [-0.15, -0.1) is 0 Å². The molecule has 0 aliphatic heterocycles. The largest absolute Gasteiger partial charge is 0.355 e. The van der Waals surface area contributed by atoms with Gasteiger partial charge in [-0.1, -0.05) is 96.8 Å². The molecule has 0 saturated carbocycles. The smallest absolute Gasteiger partial charge is 0.0645 e. The molecule has 8 aromatic rings. The summed E-state index contributed by atoms with van der Waals surface area (Å²) in [7, 11) is 0. The van der Waals surface area contributed by atoms with Crippen molar-refractivity contribution in [2.24, 2.45) is 0 Å². The van der Waals surface area contributed by atoms with Crippen molar-refractivity contribution >= 4 is 43.6 Å². The SMILES string of the molecule is [2H]c1c([2H])c([2H])c2c([nH]c3c([2H])c([2H])c(-c4c([2H])c([2H])c([2H])c5c4c4c([2H])c([2H])c([2H])c([2H])c4n5-c4ccc(-c5ccccc5)cc4)c([2H])c32)c1[2H]. The van der Waals surface area contributed by atoms with E-state index in [2.05, 4.69) is 4.98 Å². The van der Waals surface area contributed by atoms with Crippen LogP contribution in [-0.2, 0) is 0 Å². The Kier molecular flexibility index (Phi) is 2.50. The summed E-state index contributed by atoms with van der Waals surface area (Å²) in [5.41, 5.74) is 1.19. The third-order valence-corrected chi connectivity index (χ3v) is 6.70. The number of benzene rings is 6. The van der Waals surface area contributed by atoms with E-state index in [4.69, 9.17) is 17.8 Å². The highest BCUT2D eigenvalue weighted by molar-refractivity contribution is 6.17. The summed E-state index contributed by atoms with van der Waals surface area (Å²) in [6, 6.07) is 9.11. The minimum Gasteiger partial charge on any atom is -0.355 e. The highest BCUT2D eigenvalue weighted by Gasteiger charge is 2.16. The predicted octanol–water partition coefficient (Wildman–Crippen LogP) is 9.75. The number of nitrogens with one attached hydrogen (secondary N) is 1. The van der Waals surface area contributed by atoms with Gasteiger partial charge in [0.05, 0.1) is 30.2 Å². The third kappa shape index (κ3) is 3.14. The van der Waals surface area contributed by atoms with Crippen molar-refractivity contribution < 1.29 is 19.2 Å². The number of para-hydroxylation sites is 2. The van der Waals surface area contributed by atoms with E-state index in [1.165, 1.54) is 4.57 Å². The zero-order valence-electron chi connectivity index (χ0n) is 33.6. The molecule has 178 valence electrons. The lowest BCUT2D eigenvalue weighted by molar-refractivity contribution is 1.18. The molecule has 0 aliphatic carbocycles. The van der Waals surface area contributed by atoms with E-state index in [-0.39, 0.29) is 54.7 Å². The van der Waals surface area contributed by atoms with Crippen LogP contribution in [0.15, 0.2) is 139 Å². The average Bonchev–Trinajstić information content (AvgIpc) is 3.73. The summed E-state index contributed by atoms with van der Waals surface area (Å²) in [5.74, 6) is 0. The molecule has 2 aromatic heterocycles. The topological polar surface area (TPSA) is 20.7 Å². The van der Waals surface area contributed by atoms with Gasteiger partial charge in [0.1, 0.15) is 0 Å². The number of hydrogen-bond acceptors (Lipinski definition) is 0. The normalized spacial score (nSPS) is 16.8. The number of H-pyrrole nitrogens is 1. The van der Waals surface area contributed by atoms with Gasteiger partial charge in [-0.2, -0.15) is 0 Å². The molecule has 38 heavy (non-hydrogen) atoms. The first-order chi connectivity index (χ1) is 24.7. The fraction of sp³-hybridized carbons (Fsp3) is 0. The Morgan fingerprint density at radius 1 is 0.526 bits per heavy atom. The van der Waals surface area contributed by atoms with Crippen LogP contribution in [-0.4, -0.2) is 9.55 Å². The Balaban J connectivity index is 1.59. The van der Waals surface area contributed by atoms with Gasteiger partial charge in [-0.05, 0) is 64.6 Å². The van der Waals surface area contributed by atoms with Crippen LogP contribution >= 0.6 is 0 Å². The van der Waals surface area contributed by atoms with Gasteiger partial charge in [0.25, 0.3) is 0 Å². The van der Waals surface area contributed by atoms with Crippen molar-refractivity contribution in [3.8, 4) is 27.9 Å². The predicted molar refractivity (Wildman–Crippen MR) is 161 cm³/mol. The Morgan fingerprint density at radius 3 is 2.11 bits per heavy atom. The van der Waals surface area contributed by atoms with Crippen LogP contribution in [0.3, 0.4) is 0 Å². The molecule has 0 unspecified atom stereocenters. The Bertz CT molecular complexity index is 2880. The van der Waals surface area contributed by atoms with E-state index in [9.17, 15) is 1.37 Å². The monoisotopic (exact) mass is 498 g/mol. The van der Waals surface area contributed by atoms with E-state index < -0.39 is 84.6 Å². The zero-order chi connectivity index (χ0) is 37.2. The summed E-state index contributed by atoms with van der Waals surface area (Å²) < 4.78 is 125. The van der Waals surface area contributed by atoms with Gasteiger partial charge in [-0.25, -0.2) is 0 Å². The molecule has 0 radical (unpaired) electrons. The molecule has 0 atom stereocenters. The quantitative estimate of drug-likeness (QED) is 0.250. The van der Waals surface area contributed by atoms with Gasteiger partial charge in [0, 0.05) is 38.3 Å². The van der Waals surface area contributed by atoms with Crippen LogP contribution in [0.1, 0.15) is 19.2 Å². The van der Waals surface area contributed by atoms with Crippen molar-refractivity contribution in [1.82, 2.24) is 9.55 Å². The molecule has 6 aromatic carbocycles. The van der Waals surface area contributed by atoms with Crippen LogP contribution in [0.25, 0.3) is 71.6 Å². The highest BCUT2D eigenvalue weighted by atomic mass is 15.0. The first kappa shape index (κ1) is 11.5. The van der Waals surface area contributed by atoms with Gasteiger partial charge < -0.3 is 9.55 Å². The summed E-state index contributed by atoms with van der Waals surface area (Å²) >= 11 is 0. The molecule has 2 nitrogen and oxygen atoms in total. The van der Waals surface area contributed by atoms with E-state index >= 15 is 0 Å². The second-order valence-corrected chi connectivity index (χ2v) is 8.82. The summed E-state index contributed by atoms with van der Waals surface area (Å²) in [6.07, 6.45) is 0. The van der Waals surface area contributed by atoms with Crippen LogP contribution in [0.4, 0.5) is 0 Å². The lowest BCUT2D eigenvalue weighted by Gasteiger charge is -2.10. The average molecular weight is 499 g/mol. The van der Waals surface area contributed by atoms with Gasteiger partial charge >= 0.3 is 0 Å². The maximum absolute atomic E-state index is 9.43. The number of aromatic nitrogens is 2. The fourth-order valence-corrected chi connectivity index (χ4v) is 4.98. The number of nitrogens with zero attached hydrogens (tertiary/aromatic N) is 1. The number of hydrogen-bond donors (Lipinski definition) is 1. The lowest BCUT2D eigenvalue weighted by Crippen LogP contribution is -1.93. The van der Waals surface area contributed by atoms with E-state index in [1.807, 2.05) is 42.5 Å². The van der Waals surface area contributed by atoms with E-state index in [1.54, 1.807) is 12.1 Å². The standard InChI is InChI=1S/C36H24N2/c1-2-9-24(10-3-1)25-17-20-27(21-18-25)38-34-15-7-5-12-30(34)36-28(13-8-16-35(36)38)26-19-22-33-31(23-26)29-11-4-6-14-32(29)37-33/h1-23,37H/i4D,5D,6D,7D,8D,11D,12D,13D,14D,15D,16D,19D,22D,23D. The highest BCUT2D eigenvalue weighted by Crippen LogP contribution is 2.40. The summed E-state index contributed by atoms with van der Waals surface area (Å²) in [4.78, 5) is 2.80. The number of aromatic amines is 1. The molecule has 8 rings (SSSR count). The first-order valence-corrected chi connectivity index (χ1v) is 11.9. The van der Waals surface area contributed by atoms with Crippen molar-refractivity contribution in [1.29, 1.82) is 0 Å². The maximum Gasteiger partial charge on any atom is 0.0645 e. The minimum absolute atomic E-state index is 0.0559. The van der Waals surface area contributed by atoms with Gasteiger partial charge in [-0.3, -0.25) is 0 Å². The summed E-state index contributed by atoms with van der Waals surface area (Å²) in [6.45, 7) is 0. The molecule has 1 N–H and O–H groups in total. The Hall–Kier alpha value is -5.08. The third-order valence-electron chi connectivity index (χ3n) is 6.70. The number of fused-ring (bicyclic) bond motifs is 6. The molecule has 0 bridgehead atoms. The molecule has 0 saturated heterocycles. The van der Waals surface area contributed by atoms with Gasteiger partial charge in [0.2, 0.25) is 0 Å². The molecule has 2 heterocycles. The van der Waals surface area contributed by atoms with Crippen molar-refractivity contribution in [3.05, 3.63) is 139 Å². The summed E-state index contributed by atoms with van der Waals surface area (Å²) in [5, 5.41) is -0.428. The molecule has 0 amide bonds. The van der Waals surface area contributed by atoms with Gasteiger partial charge in [0.15, 0.2) is 0 Å². The Labute approximate surface area is 240 Å². The molecule has 0 spiro atoms. The Morgan fingerprint density at radius 2 is 1.24 bits per heavy atom. The second-order valence-electron chi connectivity index (χ2n) is 8.82. The zero-order valence-corrected chi connectivity index (χ0v) is 19.6. The molecular formula is C36H24N2. The fourth-order valence-electron chi connectivity index (χ4n) is 4.98. The second kappa shape index (κ2) is 8.22. The van der Waals surface area contributed by atoms with Crippen molar-refractivity contribution in [2.45, 2.75) is 0 Å². The van der Waals surface area contributed by atoms with E-state index in [0.29, 0.717) is 5.69 Å².